The summed E-state index contributed by atoms with van der Waals surface area (Å²) in [6, 6.07) is 0. The zero-order valence-electron chi connectivity index (χ0n) is 8.76. The van der Waals surface area contributed by atoms with Gasteiger partial charge in [0, 0.05) is 4.73 Å². The first-order chi connectivity index (χ1) is 8.37. The monoisotopic (exact) mass is 302 g/mol. The second kappa shape index (κ2) is 5.50. The van der Waals surface area contributed by atoms with E-state index in [0.717, 1.165) is 0 Å². The Balaban J connectivity index is 0.000000555. The summed E-state index contributed by atoms with van der Waals surface area (Å²) >= 11 is 0. The van der Waals surface area contributed by atoms with Crippen LogP contribution in [0.15, 0.2) is 0 Å². The van der Waals surface area contributed by atoms with E-state index >= 15 is 0 Å². The lowest BCUT2D eigenvalue weighted by Crippen LogP contribution is -2.68. The van der Waals surface area contributed by atoms with Crippen molar-refractivity contribution >= 4 is 23.3 Å². The summed E-state index contributed by atoms with van der Waals surface area (Å²) in [5.74, 6) is -2.25. The van der Waals surface area contributed by atoms with Gasteiger partial charge in [-0.25, -0.2) is 24.4 Å². The normalized spacial score (nSPS) is 10.5. The molecule has 0 unspecified atom stereocenters. The van der Waals surface area contributed by atoms with Crippen molar-refractivity contribution in [2.75, 3.05) is 17.2 Å². The van der Waals surface area contributed by atoms with E-state index < -0.39 is 38.4 Å². The molecule has 108 valence electrons. The molecule has 1 rings (SSSR count). The zero-order chi connectivity index (χ0) is 15.5. The minimum atomic E-state index is -4.94. The first-order valence-corrected chi connectivity index (χ1v) is 5.08. The number of nitro groups is 1. The topological polar surface area (TPSA) is 264 Å². The highest BCUT2D eigenvalue weighted by atomic mass is 35.7. The van der Waals surface area contributed by atoms with Gasteiger partial charge in [-0.3, -0.25) is 15.8 Å². The molecule has 0 aliphatic carbocycles. The van der Waals surface area contributed by atoms with Crippen LogP contribution < -0.4 is 45.3 Å². The third-order valence-corrected chi connectivity index (χ3v) is 1.54. The number of hydrogen-bond donors (Lipinski definition) is 4. The van der Waals surface area contributed by atoms with Crippen LogP contribution in [0.4, 0.5) is 23.3 Å². The van der Waals surface area contributed by atoms with Crippen LogP contribution in [0.1, 0.15) is 0 Å². The van der Waals surface area contributed by atoms with E-state index in [4.69, 9.17) is 41.0 Å². The molecule has 0 radical (unpaired) electrons. The van der Waals surface area contributed by atoms with Crippen LogP contribution in [-0.4, -0.2) is 10.1 Å². The van der Waals surface area contributed by atoms with E-state index in [1.807, 2.05) is 0 Å². The molecule has 0 bridgehead atoms. The van der Waals surface area contributed by atoms with Crippen molar-refractivity contribution in [2.24, 2.45) is 0 Å². The van der Waals surface area contributed by atoms with Crippen molar-refractivity contribution in [3.8, 4) is 0 Å². The van der Waals surface area contributed by atoms with Gasteiger partial charge in [-0.05, 0) is 0 Å². The smallest absolute Gasteiger partial charge is 0.488 e. The highest BCUT2D eigenvalue weighted by Crippen LogP contribution is 2.22. The summed E-state index contributed by atoms with van der Waals surface area (Å²) in [4.78, 5) is 9.39. The van der Waals surface area contributed by atoms with E-state index in [1.54, 1.807) is 0 Å². The molecule has 0 atom stereocenters. The fraction of sp³-hybridized carbons (Fsp3) is 0. The van der Waals surface area contributed by atoms with E-state index in [2.05, 4.69) is 0 Å². The van der Waals surface area contributed by atoms with Crippen LogP contribution >= 0.6 is 0 Å². The fourth-order valence-electron chi connectivity index (χ4n) is 0.848. The van der Waals surface area contributed by atoms with Gasteiger partial charge in [0.05, 0.1) is 4.92 Å². The van der Waals surface area contributed by atoms with Crippen LogP contribution in [0.5, 0.6) is 0 Å². The Labute approximate surface area is 105 Å². The van der Waals surface area contributed by atoms with Gasteiger partial charge in [-0.2, -0.15) is 4.73 Å². The Morgan fingerprint density at radius 3 is 1.79 bits per heavy atom. The third kappa shape index (κ3) is 4.41. The van der Waals surface area contributed by atoms with Crippen molar-refractivity contribution in [2.45, 2.75) is 0 Å². The molecule has 0 amide bonds. The molecule has 15 heteroatoms. The molecule has 0 aliphatic heterocycles. The molecular weight excluding hydrogens is 296 g/mol. The second-order valence-corrected chi connectivity index (χ2v) is 3.47. The van der Waals surface area contributed by atoms with E-state index in [9.17, 15) is 15.3 Å². The third-order valence-electron chi connectivity index (χ3n) is 1.54. The maximum Gasteiger partial charge on any atom is 0.488 e. The van der Waals surface area contributed by atoms with E-state index in [-0.39, 0.29) is 9.46 Å². The van der Waals surface area contributed by atoms with Gasteiger partial charge >= 0.3 is 17.5 Å². The molecule has 0 saturated carbocycles. The molecule has 0 aromatic carbocycles. The SMILES string of the molecule is Nc1c([N+](=O)[O-])c(N)[n+](O)c(N)[n+]1[O-].[O-][Cl+3]([O-])([O-])[O-]. The number of nitrogens with zero attached hydrogens (tertiary/aromatic N) is 3. The largest absolute Gasteiger partial charge is 0.706 e. The second-order valence-electron chi connectivity index (χ2n) is 2.72. The molecule has 0 aliphatic rings. The summed E-state index contributed by atoms with van der Waals surface area (Å²) in [5.41, 5.74) is 14.3. The summed E-state index contributed by atoms with van der Waals surface area (Å²) in [5, 5.41) is 30.4. The Kier molecular flexibility index (Phi) is 4.81. The Bertz CT molecular complexity index is 466. The van der Waals surface area contributed by atoms with Gasteiger partial charge in [-0.15, -0.1) is 10.2 Å². The van der Waals surface area contributed by atoms with Crippen molar-refractivity contribution < 1.29 is 48.5 Å². The summed E-state index contributed by atoms with van der Waals surface area (Å²) < 4.78 is 33.8. The summed E-state index contributed by atoms with van der Waals surface area (Å²) in [6.45, 7) is 0. The quantitative estimate of drug-likeness (QED) is 0.124. The highest BCUT2D eigenvalue weighted by molar-refractivity contribution is 5.60. The predicted octanol–water partition coefficient (Wildman–Crippen LogP) is -7.26. The van der Waals surface area contributed by atoms with Crippen molar-refractivity contribution in [3.05, 3.63) is 15.3 Å². The Hall–Kier alpha value is -2.39. The van der Waals surface area contributed by atoms with Crippen LogP contribution in [0.3, 0.4) is 0 Å². The zero-order valence-corrected chi connectivity index (χ0v) is 9.51. The van der Waals surface area contributed by atoms with Crippen LogP contribution in [0, 0.1) is 25.6 Å². The standard InChI is InChI=1S/C4H6N6O4.ClHO4/c5-2-1(10(13)14)3(6)9(12)4(7)8(2)11;2-1(3,4)5/h11H,(H5,5,6,7);(H,2,3,4,5). The average molecular weight is 303 g/mol. The molecule has 14 nitrogen and oxygen atoms in total. The number of nitrogens with two attached hydrogens (primary N) is 3. The predicted molar refractivity (Wildman–Crippen MR) is 42.7 cm³/mol. The number of halogens is 1. The number of anilines is 3. The molecule has 1 aromatic heterocycles. The van der Waals surface area contributed by atoms with Crippen molar-refractivity contribution in [1.82, 2.24) is 0 Å². The van der Waals surface area contributed by atoms with Gasteiger partial charge in [0.25, 0.3) is 5.82 Å². The summed E-state index contributed by atoms with van der Waals surface area (Å²) in [6.07, 6.45) is 0. The van der Waals surface area contributed by atoms with E-state index in [0.29, 0.717) is 0 Å². The number of nitrogen functional groups attached to an aromatic ring is 3. The average Bonchev–Trinajstić information content (AvgIpc) is 2.21. The molecule has 7 N–H and O–H groups in total. The van der Waals surface area contributed by atoms with Crippen LogP contribution in [0.2, 0.25) is 0 Å². The highest BCUT2D eigenvalue weighted by Gasteiger charge is 2.34. The van der Waals surface area contributed by atoms with Crippen molar-refractivity contribution in [3.63, 3.8) is 0 Å². The van der Waals surface area contributed by atoms with Crippen LogP contribution in [0.25, 0.3) is 0 Å². The first-order valence-electron chi connectivity index (χ1n) is 3.85. The van der Waals surface area contributed by atoms with Gasteiger partial charge in [0.2, 0.25) is 0 Å². The molecule has 0 spiro atoms. The minimum absolute atomic E-state index is 0.0124. The lowest BCUT2D eigenvalue weighted by Gasteiger charge is -2.17. The lowest BCUT2D eigenvalue weighted by molar-refractivity contribution is -2.00. The molecule has 0 fully saturated rings. The Morgan fingerprint density at radius 2 is 1.47 bits per heavy atom. The van der Waals surface area contributed by atoms with Gasteiger partial charge in [0.1, 0.15) is 0 Å². The van der Waals surface area contributed by atoms with Gasteiger partial charge in [0.15, 0.2) is 0 Å². The maximum absolute atomic E-state index is 11.0. The molecule has 19 heavy (non-hydrogen) atoms. The van der Waals surface area contributed by atoms with Gasteiger partial charge < -0.3 is 16.1 Å². The number of rotatable bonds is 1. The summed E-state index contributed by atoms with van der Waals surface area (Å²) in [7, 11) is -4.94. The van der Waals surface area contributed by atoms with Crippen LogP contribution in [-0.2, 0) is 0 Å². The maximum atomic E-state index is 11.0. The minimum Gasteiger partial charge on any atom is -0.706 e. The molecular formula is C4H7ClN6O8. The van der Waals surface area contributed by atoms with E-state index in [1.165, 1.54) is 0 Å². The van der Waals surface area contributed by atoms with Crippen molar-refractivity contribution in [1.29, 1.82) is 0 Å². The Morgan fingerprint density at radius 1 is 1.11 bits per heavy atom. The lowest BCUT2D eigenvalue weighted by atomic mass is 10.4. The molecule has 0 saturated heterocycles. The fourth-order valence-corrected chi connectivity index (χ4v) is 0.848. The number of aromatic nitrogens is 2. The molecule has 1 aromatic rings. The first kappa shape index (κ1) is 16.6. The number of hydrogen-bond acceptors (Lipinski definition) is 11. The van der Waals surface area contributed by atoms with Gasteiger partial charge in [-0.1, -0.05) is 0 Å². The molecule has 1 heterocycles.